The molecule has 6 heteroatoms. The molecule has 1 amide bonds. The fourth-order valence-electron chi connectivity index (χ4n) is 1.59. The van der Waals surface area contributed by atoms with Gasteiger partial charge < -0.3 is 10.4 Å². The molecule has 0 fully saturated rings. The van der Waals surface area contributed by atoms with Crippen molar-refractivity contribution >= 4 is 51.8 Å². The van der Waals surface area contributed by atoms with Crippen LogP contribution in [0.1, 0.15) is 20.7 Å². The highest BCUT2D eigenvalue weighted by molar-refractivity contribution is 14.1. The number of nitrogens with one attached hydrogen (secondary N) is 1. The molecule has 0 aliphatic rings. The van der Waals surface area contributed by atoms with Crippen molar-refractivity contribution in [2.24, 2.45) is 0 Å². The van der Waals surface area contributed by atoms with Crippen LogP contribution >= 0.6 is 34.2 Å². The van der Waals surface area contributed by atoms with E-state index in [4.69, 9.17) is 16.7 Å². The van der Waals surface area contributed by atoms with E-state index in [1.165, 1.54) is 18.2 Å². The Balaban J connectivity index is 2.23. The molecule has 0 radical (unpaired) electrons. The lowest BCUT2D eigenvalue weighted by atomic mass is 10.1. The zero-order valence-corrected chi connectivity index (χ0v) is 13.0. The summed E-state index contributed by atoms with van der Waals surface area (Å²) < 4.78 is 1.02. The third-order valence-electron chi connectivity index (χ3n) is 2.51. The molecular formula is C14H9ClINO3. The van der Waals surface area contributed by atoms with Crippen molar-refractivity contribution in [3.63, 3.8) is 0 Å². The smallest absolute Gasteiger partial charge is 0.335 e. The van der Waals surface area contributed by atoms with Gasteiger partial charge in [0.2, 0.25) is 0 Å². The van der Waals surface area contributed by atoms with E-state index in [0.29, 0.717) is 11.3 Å². The van der Waals surface area contributed by atoms with Crippen LogP contribution in [0, 0.1) is 3.57 Å². The molecule has 0 aromatic heterocycles. The summed E-state index contributed by atoms with van der Waals surface area (Å²) in [6.45, 7) is 0. The summed E-state index contributed by atoms with van der Waals surface area (Å²) in [7, 11) is 0. The standard InChI is InChI=1S/C14H9ClINO3/c15-10-5-9(14(19)20)6-12(7-10)17-13(18)8-1-3-11(16)4-2-8/h1-7H,(H,17,18)(H,19,20). The number of amides is 1. The number of aromatic carboxylic acids is 1. The number of carbonyl (C=O) groups is 2. The summed E-state index contributed by atoms with van der Waals surface area (Å²) in [6.07, 6.45) is 0. The Morgan fingerprint density at radius 1 is 1.05 bits per heavy atom. The van der Waals surface area contributed by atoms with Crippen molar-refractivity contribution in [1.29, 1.82) is 0 Å². The highest BCUT2D eigenvalue weighted by Gasteiger charge is 2.10. The highest BCUT2D eigenvalue weighted by Crippen LogP contribution is 2.20. The van der Waals surface area contributed by atoms with E-state index >= 15 is 0 Å². The first-order valence-corrected chi connectivity index (χ1v) is 7.02. The topological polar surface area (TPSA) is 66.4 Å². The van der Waals surface area contributed by atoms with Crippen molar-refractivity contribution in [2.45, 2.75) is 0 Å². The fourth-order valence-corrected chi connectivity index (χ4v) is 2.18. The quantitative estimate of drug-likeness (QED) is 0.767. The second-order valence-corrected chi connectivity index (χ2v) is 5.68. The Morgan fingerprint density at radius 2 is 1.70 bits per heavy atom. The zero-order chi connectivity index (χ0) is 14.7. The minimum absolute atomic E-state index is 0.0235. The molecule has 0 bridgehead atoms. The highest BCUT2D eigenvalue weighted by atomic mass is 127. The summed E-state index contributed by atoms with van der Waals surface area (Å²) in [4.78, 5) is 22.9. The molecule has 0 saturated heterocycles. The van der Waals surface area contributed by atoms with E-state index < -0.39 is 5.97 Å². The van der Waals surface area contributed by atoms with E-state index in [0.717, 1.165) is 3.57 Å². The van der Waals surface area contributed by atoms with Gasteiger partial charge in [-0.2, -0.15) is 0 Å². The molecule has 4 nitrogen and oxygen atoms in total. The predicted molar refractivity (Wildman–Crippen MR) is 85.5 cm³/mol. The van der Waals surface area contributed by atoms with E-state index in [1.54, 1.807) is 12.1 Å². The van der Waals surface area contributed by atoms with Crippen LogP contribution in [0.3, 0.4) is 0 Å². The summed E-state index contributed by atoms with van der Waals surface area (Å²) in [5.74, 6) is -1.42. The number of carboxylic acids is 1. The van der Waals surface area contributed by atoms with Gasteiger partial charge in [-0.15, -0.1) is 0 Å². The normalized spacial score (nSPS) is 10.1. The number of halogens is 2. The van der Waals surface area contributed by atoms with Gasteiger partial charge in [0.1, 0.15) is 0 Å². The number of benzene rings is 2. The molecule has 2 rings (SSSR count). The minimum Gasteiger partial charge on any atom is -0.478 e. The molecule has 2 aromatic carbocycles. The number of carbonyl (C=O) groups excluding carboxylic acids is 1. The molecular weight excluding hydrogens is 393 g/mol. The van der Waals surface area contributed by atoms with Crippen molar-refractivity contribution in [2.75, 3.05) is 5.32 Å². The molecule has 0 atom stereocenters. The lowest BCUT2D eigenvalue weighted by molar-refractivity contribution is 0.0696. The molecule has 20 heavy (non-hydrogen) atoms. The second kappa shape index (κ2) is 6.23. The van der Waals surface area contributed by atoms with Gasteiger partial charge in [0, 0.05) is 19.8 Å². The lowest BCUT2D eigenvalue weighted by Crippen LogP contribution is -2.12. The van der Waals surface area contributed by atoms with Gasteiger partial charge >= 0.3 is 5.97 Å². The summed E-state index contributed by atoms with van der Waals surface area (Å²) in [6, 6.07) is 11.2. The first-order valence-electron chi connectivity index (χ1n) is 5.56. The average molecular weight is 402 g/mol. The maximum Gasteiger partial charge on any atom is 0.335 e. The van der Waals surface area contributed by atoms with E-state index in [9.17, 15) is 9.59 Å². The Hall–Kier alpha value is -1.60. The second-order valence-electron chi connectivity index (χ2n) is 3.99. The molecule has 0 aliphatic heterocycles. The van der Waals surface area contributed by atoms with Crippen LogP contribution in [-0.4, -0.2) is 17.0 Å². The predicted octanol–water partition coefficient (Wildman–Crippen LogP) is 3.90. The molecule has 0 unspecified atom stereocenters. The van der Waals surface area contributed by atoms with Crippen molar-refractivity contribution in [3.8, 4) is 0 Å². The molecule has 0 heterocycles. The van der Waals surface area contributed by atoms with E-state index in [1.807, 2.05) is 12.1 Å². The van der Waals surface area contributed by atoms with Gasteiger partial charge in [-0.1, -0.05) is 11.6 Å². The van der Waals surface area contributed by atoms with Gasteiger partial charge in [-0.3, -0.25) is 4.79 Å². The van der Waals surface area contributed by atoms with E-state index in [2.05, 4.69) is 27.9 Å². The van der Waals surface area contributed by atoms with Gasteiger partial charge in [-0.25, -0.2) is 4.79 Å². The third-order valence-corrected chi connectivity index (χ3v) is 3.45. The maximum atomic E-state index is 12.0. The van der Waals surface area contributed by atoms with Crippen LogP contribution in [0.4, 0.5) is 5.69 Å². The number of rotatable bonds is 3. The number of carboxylic acid groups (broad SMARTS) is 1. The summed E-state index contributed by atoms with van der Waals surface area (Å²) in [5, 5.41) is 11.8. The summed E-state index contributed by atoms with van der Waals surface area (Å²) in [5.41, 5.74) is 0.858. The Bertz CT molecular complexity index is 671. The largest absolute Gasteiger partial charge is 0.478 e. The molecule has 0 saturated carbocycles. The van der Waals surface area contributed by atoms with Crippen LogP contribution in [0.2, 0.25) is 5.02 Å². The average Bonchev–Trinajstić information content (AvgIpc) is 2.38. The first-order chi connectivity index (χ1) is 9.45. The number of hydrogen-bond acceptors (Lipinski definition) is 2. The van der Waals surface area contributed by atoms with Gasteiger partial charge in [0.15, 0.2) is 0 Å². The minimum atomic E-state index is -1.10. The van der Waals surface area contributed by atoms with Crippen LogP contribution in [-0.2, 0) is 0 Å². The molecule has 2 aromatic rings. The van der Waals surface area contributed by atoms with Gasteiger partial charge in [0.05, 0.1) is 5.56 Å². The number of anilines is 1. The fraction of sp³-hybridized carbons (Fsp3) is 0. The van der Waals surface area contributed by atoms with Crippen LogP contribution in [0.5, 0.6) is 0 Å². The Morgan fingerprint density at radius 3 is 2.30 bits per heavy atom. The SMILES string of the molecule is O=C(O)c1cc(Cl)cc(NC(=O)c2ccc(I)cc2)c1. The molecule has 0 aliphatic carbocycles. The maximum absolute atomic E-state index is 12.0. The Kier molecular flexibility index (Phi) is 4.61. The van der Waals surface area contributed by atoms with Crippen LogP contribution < -0.4 is 5.32 Å². The van der Waals surface area contributed by atoms with E-state index in [-0.39, 0.29) is 16.5 Å². The third kappa shape index (κ3) is 3.71. The lowest BCUT2D eigenvalue weighted by Gasteiger charge is -2.07. The van der Waals surface area contributed by atoms with Crippen LogP contribution in [0.25, 0.3) is 0 Å². The summed E-state index contributed by atoms with van der Waals surface area (Å²) >= 11 is 7.97. The van der Waals surface area contributed by atoms with Crippen molar-refractivity contribution < 1.29 is 14.7 Å². The van der Waals surface area contributed by atoms with Crippen molar-refractivity contribution in [3.05, 3.63) is 62.2 Å². The number of hydrogen-bond donors (Lipinski definition) is 2. The van der Waals surface area contributed by atoms with Gasteiger partial charge in [-0.05, 0) is 65.1 Å². The first kappa shape index (κ1) is 14.8. The van der Waals surface area contributed by atoms with Gasteiger partial charge in [0.25, 0.3) is 5.91 Å². The zero-order valence-electron chi connectivity index (χ0n) is 10.1. The Labute approximate surface area is 133 Å². The van der Waals surface area contributed by atoms with Crippen LogP contribution in [0.15, 0.2) is 42.5 Å². The molecule has 2 N–H and O–H groups in total. The van der Waals surface area contributed by atoms with Crippen molar-refractivity contribution in [1.82, 2.24) is 0 Å². The molecule has 102 valence electrons. The monoisotopic (exact) mass is 401 g/mol. The molecule has 0 spiro atoms.